The number of nitrogens with one attached hydrogen (secondary N) is 1. The van der Waals surface area contributed by atoms with Crippen molar-refractivity contribution in [1.29, 1.82) is 0 Å². The molecule has 0 aromatic rings. The molecule has 1 heterocycles. The summed E-state index contributed by atoms with van der Waals surface area (Å²) in [5.74, 6) is 1.42. The molecule has 21 heavy (non-hydrogen) atoms. The van der Waals surface area contributed by atoms with Crippen molar-refractivity contribution in [3.8, 4) is 0 Å². The fourth-order valence-corrected chi connectivity index (χ4v) is 3.77. The van der Waals surface area contributed by atoms with Gasteiger partial charge in [-0.3, -0.25) is 4.90 Å². The Morgan fingerprint density at radius 1 is 1.05 bits per heavy atom. The maximum atomic E-state index is 10.0. The number of aliphatic hydroxyl groups excluding tert-OH is 1. The first-order chi connectivity index (χ1) is 9.95. The molecule has 0 bridgehead atoms. The summed E-state index contributed by atoms with van der Waals surface area (Å²) in [5.41, 5.74) is -0.0750. The van der Waals surface area contributed by atoms with Crippen molar-refractivity contribution >= 4 is 0 Å². The molecule has 2 rings (SSSR count). The van der Waals surface area contributed by atoms with Crippen molar-refractivity contribution in [2.24, 2.45) is 11.8 Å². The van der Waals surface area contributed by atoms with Gasteiger partial charge in [0.15, 0.2) is 0 Å². The lowest BCUT2D eigenvalue weighted by Gasteiger charge is -2.43. The Morgan fingerprint density at radius 3 is 2.05 bits per heavy atom. The molecule has 1 aliphatic carbocycles. The molecule has 1 aliphatic heterocycles. The lowest BCUT2D eigenvalue weighted by molar-refractivity contribution is 0.0528. The minimum Gasteiger partial charge on any atom is -0.394 e. The normalized spacial score (nSPS) is 24.7. The molecular formula is C17H35N3O. The van der Waals surface area contributed by atoms with E-state index in [1.807, 2.05) is 0 Å². The molecule has 4 heteroatoms. The van der Waals surface area contributed by atoms with Crippen LogP contribution in [-0.2, 0) is 0 Å². The van der Waals surface area contributed by atoms with Crippen LogP contribution in [0.5, 0.6) is 0 Å². The van der Waals surface area contributed by atoms with E-state index < -0.39 is 0 Å². The highest BCUT2D eigenvalue weighted by Crippen LogP contribution is 2.40. The summed E-state index contributed by atoms with van der Waals surface area (Å²) >= 11 is 0. The monoisotopic (exact) mass is 297 g/mol. The van der Waals surface area contributed by atoms with E-state index in [1.54, 1.807) is 0 Å². The molecule has 0 radical (unpaired) electrons. The van der Waals surface area contributed by atoms with E-state index >= 15 is 0 Å². The fraction of sp³-hybridized carbons (Fsp3) is 1.00. The highest BCUT2D eigenvalue weighted by molar-refractivity contribution is 5.04. The lowest BCUT2D eigenvalue weighted by Crippen LogP contribution is -2.62. The summed E-state index contributed by atoms with van der Waals surface area (Å²) in [6, 6.07) is 0.431. The van der Waals surface area contributed by atoms with Gasteiger partial charge in [0.05, 0.1) is 12.1 Å². The number of hydrogen-bond donors (Lipinski definition) is 2. The molecule has 1 saturated heterocycles. The summed E-state index contributed by atoms with van der Waals surface area (Å²) in [4.78, 5) is 5.13. The number of aliphatic hydroxyl groups is 1. The van der Waals surface area contributed by atoms with E-state index in [-0.39, 0.29) is 12.1 Å². The summed E-state index contributed by atoms with van der Waals surface area (Å²) in [5, 5.41) is 13.7. The summed E-state index contributed by atoms with van der Waals surface area (Å²) < 4.78 is 0. The SMILES string of the molecule is CC(C)CN1CCN(CC(CO)(NC(C)C)C2CC2)CC1. The van der Waals surface area contributed by atoms with E-state index in [1.165, 1.54) is 32.5 Å². The van der Waals surface area contributed by atoms with Gasteiger partial charge >= 0.3 is 0 Å². The Balaban J connectivity index is 1.87. The van der Waals surface area contributed by atoms with Gasteiger partial charge in [0.25, 0.3) is 0 Å². The van der Waals surface area contributed by atoms with Crippen LogP contribution in [0.4, 0.5) is 0 Å². The van der Waals surface area contributed by atoms with E-state index in [0.29, 0.717) is 12.0 Å². The first kappa shape index (κ1) is 17.2. The van der Waals surface area contributed by atoms with Gasteiger partial charge in [-0.1, -0.05) is 27.7 Å². The molecule has 1 atom stereocenters. The van der Waals surface area contributed by atoms with Crippen molar-refractivity contribution in [3.63, 3.8) is 0 Å². The van der Waals surface area contributed by atoms with Crippen LogP contribution >= 0.6 is 0 Å². The Bertz CT molecular complexity index is 309. The van der Waals surface area contributed by atoms with Gasteiger partial charge in [0.2, 0.25) is 0 Å². The molecule has 0 aromatic carbocycles. The Labute approximate surface area is 130 Å². The molecule has 0 spiro atoms. The third kappa shape index (κ3) is 4.92. The van der Waals surface area contributed by atoms with Gasteiger partial charge < -0.3 is 15.3 Å². The van der Waals surface area contributed by atoms with Crippen LogP contribution in [0.3, 0.4) is 0 Å². The Morgan fingerprint density at radius 2 is 1.62 bits per heavy atom. The molecule has 1 unspecified atom stereocenters. The van der Waals surface area contributed by atoms with Gasteiger partial charge in [0.1, 0.15) is 0 Å². The second-order valence-corrected chi connectivity index (χ2v) is 7.86. The van der Waals surface area contributed by atoms with Crippen molar-refractivity contribution in [2.45, 2.75) is 52.1 Å². The number of hydrogen-bond acceptors (Lipinski definition) is 4. The second kappa shape index (κ2) is 7.40. The number of piperazine rings is 1. The van der Waals surface area contributed by atoms with Crippen molar-refractivity contribution in [2.75, 3.05) is 45.9 Å². The quantitative estimate of drug-likeness (QED) is 0.710. The van der Waals surface area contributed by atoms with E-state index in [4.69, 9.17) is 0 Å². The molecule has 4 nitrogen and oxygen atoms in total. The standard InChI is InChI=1S/C17H35N3O/c1-14(2)11-19-7-9-20(10-8-19)12-17(13-21,16-5-6-16)18-15(3)4/h14-16,18,21H,5-13H2,1-4H3. The lowest BCUT2D eigenvalue weighted by atomic mass is 9.92. The molecule has 2 N–H and O–H groups in total. The molecule has 1 saturated carbocycles. The van der Waals surface area contributed by atoms with Gasteiger partial charge in [-0.05, 0) is 24.7 Å². The van der Waals surface area contributed by atoms with Crippen LogP contribution in [0.1, 0.15) is 40.5 Å². The molecule has 2 aliphatic rings. The summed E-state index contributed by atoms with van der Waals surface area (Å²) in [6.07, 6.45) is 2.54. The Hall–Kier alpha value is -0.160. The highest BCUT2D eigenvalue weighted by Gasteiger charge is 2.46. The van der Waals surface area contributed by atoms with Gasteiger partial charge in [-0.2, -0.15) is 0 Å². The first-order valence-corrected chi connectivity index (χ1v) is 8.78. The zero-order valence-electron chi connectivity index (χ0n) is 14.4. The van der Waals surface area contributed by atoms with E-state index in [0.717, 1.165) is 25.6 Å². The third-order valence-electron chi connectivity index (χ3n) is 4.81. The van der Waals surface area contributed by atoms with E-state index in [2.05, 4.69) is 42.8 Å². The topological polar surface area (TPSA) is 38.7 Å². The number of nitrogens with zero attached hydrogens (tertiary/aromatic N) is 2. The minimum absolute atomic E-state index is 0.0750. The smallest absolute Gasteiger partial charge is 0.0628 e. The summed E-state index contributed by atoms with van der Waals surface area (Å²) in [6.45, 7) is 16.1. The molecule has 2 fully saturated rings. The first-order valence-electron chi connectivity index (χ1n) is 8.78. The zero-order chi connectivity index (χ0) is 15.5. The third-order valence-corrected chi connectivity index (χ3v) is 4.81. The van der Waals surface area contributed by atoms with E-state index in [9.17, 15) is 5.11 Å². The molecule has 124 valence electrons. The van der Waals surface area contributed by atoms with Gasteiger partial charge in [0, 0.05) is 45.3 Å². The minimum atomic E-state index is -0.0750. The van der Waals surface area contributed by atoms with Crippen LogP contribution in [0.2, 0.25) is 0 Å². The van der Waals surface area contributed by atoms with Gasteiger partial charge in [-0.15, -0.1) is 0 Å². The average molecular weight is 297 g/mol. The van der Waals surface area contributed by atoms with Crippen molar-refractivity contribution in [3.05, 3.63) is 0 Å². The maximum Gasteiger partial charge on any atom is 0.0628 e. The Kier molecular flexibility index (Phi) is 6.06. The van der Waals surface area contributed by atoms with Crippen LogP contribution < -0.4 is 5.32 Å². The van der Waals surface area contributed by atoms with Crippen molar-refractivity contribution in [1.82, 2.24) is 15.1 Å². The average Bonchev–Trinajstić information content (AvgIpc) is 3.23. The van der Waals surface area contributed by atoms with Crippen LogP contribution in [-0.4, -0.2) is 72.4 Å². The summed E-state index contributed by atoms with van der Waals surface area (Å²) in [7, 11) is 0. The predicted octanol–water partition coefficient (Wildman–Crippen LogP) is 1.40. The highest BCUT2D eigenvalue weighted by atomic mass is 16.3. The number of rotatable bonds is 8. The van der Waals surface area contributed by atoms with Crippen LogP contribution in [0, 0.1) is 11.8 Å². The molecular weight excluding hydrogens is 262 g/mol. The maximum absolute atomic E-state index is 10.0. The second-order valence-electron chi connectivity index (χ2n) is 7.86. The van der Waals surface area contributed by atoms with Gasteiger partial charge in [-0.25, -0.2) is 0 Å². The largest absolute Gasteiger partial charge is 0.394 e. The zero-order valence-corrected chi connectivity index (χ0v) is 14.4. The predicted molar refractivity (Wildman–Crippen MR) is 88.5 cm³/mol. The molecule has 0 aromatic heterocycles. The van der Waals surface area contributed by atoms with Crippen LogP contribution in [0.15, 0.2) is 0 Å². The molecule has 0 amide bonds. The van der Waals surface area contributed by atoms with Crippen molar-refractivity contribution < 1.29 is 5.11 Å². The fourth-order valence-electron chi connectivity index (χ4n) is 3.77. The van der Waals surface area contributed by atoms with Crippen LogP contribution in [0.25, 0.3) is 0 Å².